The van der Waals surface area contributed by atoms with Crippen LogP contribution in [0.3, 0.4) is 0 Å². The molecule has 0 saturated heterocycles. The topological polar surface area (TPSA) is 65.8 Å². The molecule has 5 heteroatoms. The van der Waals surface area contributed by atoms with E-state index in [4.69, 9.17) is 5.73 Å². The monoisotopic (exact) mass is 246 g/mol. The van der Waals surface area contributed by atoms with Gasteiger partial charge in [-0.25, -0.2) is 4.98 Å². The number of imidazole rings is 1. The van der Waals surface area contributed by atoms with Gasteiger partial charge in [0.05, 0.1) is 0 Å². The van der Waals surface area contributed by atoms with E-state index in [-0.39, 0.29) is 5.56 Å². The highest BCUT2D eigenvalue weighted by molar-refractivity contribution is 5.33. The van der Waals surface area contributed by atoms with Crippen LogP contribution in [-0.4, -0.2) is 14.1 Å². The van der Waals surface area contributed by atoms with Gasteiger partial charge in [-0.2, -0.15) is 0 Å². The standard InChI is InChI=1S/C13H18N4O/c1-10(2)13-15-5-6-16(13)7-8-17-9-11(14)3-4-12(17)18/h3-6,9-10H,7-8,14H2,1-2H3. The highest BCUT2D eigenvalue weighted by Gasteiger charge is 2.07. The zero-order valence-corrected chi connectivity index (χ0v) is 10.7. The van der Waals surface area contributed by atoms with Gasteiger partial charge in [-0.05, 0) is 6.07 Å². The van der Waals surface area contributed by atoms with Gasteiger partial charge in [0.2, 0.25) is 0 Å². The Morgan fingerprint density at radius 1 is 1.28 bits per heavy atom. The van der Waals surface area contributed by atoms with Crippen LogP contribution in [-0.2, 0) is 13.1 Å². The van der Waals surface area contributed by atoms with E-state index in [2.05, 4.69) is 23.4 Å². The lowest BCUT2D eigenvalue weighted by Gasteiger charge is -2.11. The van der Waals surface area contributed by atoms with Gasteiger partial charge in [0.25, 0.3) is 5.56 Å². The van der Waals surface area contributed by atoms with E-state index in [1.165, 1.54) is 6.07 Å². The fourth-order valence-corrected chi connectivity index (χ4v) is 1.95. The van der Waals surface area contributed by atoms with Crippen molar-refractivity contribution in [2.75, 3.05) is 5.73 Å². The van der Waals surface area contributed by atoms with Gasteiger partial charge >= 0.3 is 0 Å². The van der Waals surface area contributed by atoms with Gasteiger partial charge in [0.1, 0.15) is 5.82 Å². The molecule has 5 nitrogen and oxygen atoms in total. The molecular formula is C13H18N4O. The van der Waals surface area contributed by atoms with Crippen LogP contribution < -0.4 is 11.3 Å². The minimum Gasteiger partial charge on any atom is -0.398 e. The van der Waals surface area contributed by atoms with Crippen LogP contribution >= 0.6 is 0 Å². The van der Waals surface area contributed by atoms with Crippen molar-refractivity contribution < 1.29 is 0 Å². The lowest BCUT2D eigenvalue weighted by Crippen LogP contribution is -2.22. The summed E-state index contributed by atoms with van der Waals surface area (Å²) in [6, 6.07) is 3.11. The van der Waals surface area contributed by atoms with Crippen LogP contribution in [0.1, 0.15) is 25.6 Å². The highest BCUT2D eigenvalue weighted by Crippen LogP contribution is 2.11. The summed E-state index contributed by atoms with van der Waals surface area (Å²) < 4.78 is 3.69. The summed E-state index contributed by atoms with van der Waals surface area (Å²) in [5.41, 5.74) is 6.24. The fraction of sp³-hybridized carbons (Fsp3) is 0.385. The molecule has 96 valence electrons. The second kappa shape index (κ2) is 5.08. The van der Waals surface area contributed by atoms with Crippen molar-refractivity contribution in [3.8, 4) is 0 Å². The second-order valence-electron chi connectivity index (χ2n) is 4.63. The van der Waals surface area contributed by atoms with E-state index >= 15 is 0 Å². The summed E-state index contributed by atoms with van der Waals surface area (Å²) >= 11 is 0. The van der Waals surface area contributed by atoms with E-state index in [1.807, 2.05) is 6.20 Å². The van der Waals surface area contributed by atoms with Crippen LogP contribution in [0.4, 0.5) is 5.69 Å². The van der Waals surface area contributed by atoms with Crippen molar-refractivity contribution in [1.29, 1.82) is 0 Å². The fourth-order valence-electron chi connectivity index (χ4n) is 1.95. The minimum atomic E-state index is -0.0320. The number of nitrogen functional groups attached to an aromatic ring is 1. The molecule has 0 atom stereocenters. The Labute approximate surface area is 106 Å². The van der Waals surface area contributed by atoms with Crippen molar-refractivity contribution >= 4 is 5.69 Å². The number of nitrogens with two attached hydrogens (primary N) is 1. The number of nitrogens with zero attached hydrogens (tertiary/aromatic N) is 3. The molecule has 0 radical (unpaired) electrons. The number of rotatable bonds is 4. The smallest absolute Gasteiger partial charge is 0.250 e. The largest absolute Gasteiger partial charge is 0.398 e. The molecule has 18 heavy (non-hydrogen) atoms. The van der Waals surface area contributed by atoms with E-state index in [1.54, 1.807) is 23.0 Å². The molecule has 2 rings (SSSR count). The zero-order valence-electron chi connectivity index (χ0n) is 10.7. The SMILES string of the molecule is CC(C)c1nccn1CCn1cc(N)ccc1=O. The molecule has 0 bridgehead atoms. The van der Waals surface area contributed by atoms with Crippen LogP contribution in [0, 0.1) is 0 Å². The van der Waals surface area contributed by atoms with Crippen molar-refractivity contribution in [3.05, 3.63) is 46.9 Å². The number of hydrogen-bond donors (Lipinski definition) is 1. The molecule has 2 aromatic heterocycles. The predicted octanol–water partition coefficient (Wildman–Crippen LogP) is 1.45. The molecule has 0 unspecified atom stereocenters. The number of anilines is 1. The predicted molar refractivity (Wildman–Crippen MR) is 71.4 cm³/mol. The van der Waals surface area contributed by atoms with E-state index in [9.17, 15) is 4.79 Å². The normalized spacial score (nSPS) is 11.1. The molecule has 0 aliphatic rings. The zero-order chi connectivity index (χ0) is 13.1. The van der Waals surface area contributed by atoms with Crippen LogP contribution in [0.5, 0.6) is 0 Å². The first-order valence-electron chi connectivity index (χ1n) is 6.05. The average molecular weight is 246 g/mol. The maximum absolute atomic E-state index is 11.6. The summed E-state index contributed by atoms with van der Waals surface area (Å²) in [6.45, 7) is 5.52. The quantitative estimate of drug-likeness (QED) is 0.888. The Morgan fingerprint density at radius 3 is 2.72 bits per heavy atom. The number of hydrogen-bond acceptors (Lipinski definition) is 3. The molecule has 0 fully saturated rings. The van der Waals surface area contributed by atoms with Crippen molar-refractivity contribution in [2.24, 2.45) is 0 Å². The maximum Gasteiger partial charge on any atom is 0.250 e. The van der Waals surface area contributed by atoms with Crippen molar-refractivity contribution in [2.45, 2.75) is 32.9 Å². The first-order chi connectivity index (χ1) is 8.58. The van der Waals surface area contributed by atoms with E-state index < -0.39 is 0 Å². The summed E-state index contributed by atoms with van der Waals surface area (Å²) in [5, 5.41) is 0. The van der Waals surface area contributed by atoms with Crippen LogP contribution in [0.25, 0.3) is 0 Å². The number of pyridine rings is 1. The van der Waals surface area contributed by atoms with Gasteiger partial charge in [0, 0.05) is 49.4 Å². The van der Waals surface area contributed by atoms with Gasteiger partial charge in [-0.15, -0.1) is 0 Å². The first-order valence-corrected chi connectivity index (χ1v) is 6.05. The van der Waals surface area contributed by atoms with Crippen LogP contribution in [0.15, 0.2) is 35.5 Å². The van der Waals surface area contributed by atoms with Crippen LogP contribution in [0.2, 0.25) is 0 Å². The third-order valence-corrected chi connectivity index (χ3v) is 2.85. The molecule has 2 N–H and O–H groups in total. The maximum atomic E-state index is 11.6. The molecule has 0 spiro atoms. The molecule has 2 aromatic rings. The molecule has 0 aromatic carbocycles. The highest BCUT2D eigenvalue weighted by atomic mass is 16.1. The van der Waals surface area contributed by atoms with Crippen molar-refractivity contribution in [1.82, 2.24) is 14.1 Å². The Kier molecular flexibility index (Phi) is 3.50. The summed E-state index contributed by atoms with van der Waals surface area (Å²) in [5.74, 6) is 1.41. The molecule has 0 amide bonds. The lowest BCUT2D eigenvalue weighted by atomic mass is 10.2. The molecule has 0 aliphatic heterocycles. The Bertz CT molecular complexity index is 583. The average Bonchev–Trinajstić information content (AvgIpc) is 2.79. The van der Waals surface area contributed by atoms with E-state index in [0.717, 1.165) is 12.4 Å². The van der Waals surface area contributed by atoms with Crippen molar-refractivity contribution in [3.63, 3.8) is 0 Å². The summed E-state index contributed by atoms with van der Waals surface area (Å²) in [7, 11) is 0. The van der Waals surface area contributed by atoms with E-state index in [0.29, 0.717) is 18.2 Å². The number of aryl methyl sites for hydroxylation is 2. The second-order valence-corrected chi connectivity index (χ2v) is 4.63. The molecule has 0 saturated carbocycles. The Balaban J connectivity index is 2.14. The Hall–Kier alpha value is -2.04. The first kappa shape index (κ1) is 12.4. The molecular weight excluding hydrogens is 228 g/mol. The lowest BCUT2D eigenvalue weighted by molar-refractivity contribution is 0.537. The van der Waals surface area contributed by atoms with Gasteiger partial charge in [-0.1, -0.05) is 13.8 Å². The molecule has 2 heterocycles. The third kappa shape index (κ3) is 2.61. The van der Waals surface area contributed by atoms with Gasteiger partial charge in [0.15, 0.2) is 0 Å². The Morgan fingerprint density at radius 2 is 2.00 bits per heavy atom. The van der Waals surface area contributed by atoms with Gasteiger partial charge < -0.3 is 14.9 Å². The molecule has 0 aliphatic carbocycles. The van der Waals surface area contributed by atoms with Gasteiger partial charge in [-0.3, -0.25) is 4.79 Å². The summed E-state index contributed by atoms with van der Waals surface area (Å²) in [6.07, 6.45) is 5.40. The number of aromatic nitrogens is 3. The minimum absolute atomic E-state index is 0.0320. The third-order valence-electron chi connectivity index (χ3n) is 2.85. The summed E-state index contributed by atoms with van der Waals surface area (Å²) in [4.78, 5) is 16.0.